The molecular formula is C13H25N. The van der Waals surface area contributed by atoms with Crippen LogP contribution in [0, 0.1) is 17.8 Å². The zero-order valence-electron chi connectivity index (χ0n) is 9.76. The Bertz CT molecular complexity index is 170. The number of nitrogens with one attached hydrogen (secondary N) is 1. The molecule has 1 N–H and O–H groups in total. The van der Waals surface area contributed by atoms with Gasteiger partial charge in [-0.2, -0.15) is 0 Å². The molecule has 2 atom stereocenters. The van der Waals surface area contributed by atoms with Gasteiger partial charge in [0.25, 0.3) is 0 Å². The van der Waals surface area contributed by atoms with E-state index >= 15 is 0 Å². The fraction of sp³-hybridized carbons (Fsp3) is 1.00. The Balaban J connectivity index is 1.59. The second kappa shape index (κ2) is 4.65. The molecule has 2 fully saturated rings. The molecule has 14 heavy (non-hydrogen) atoms. The molecule has 1 heteroatoms. The highest BCUT2D eigenvalue weighted by molar-refractivity contribution is 4.86. The molecule has 0 amide bonds. The molecule has 2 rings (SSSR count). The van der Waals surface area contributed by atoms with Gasteiger partial charge in [-0.3, -0.25) is 0 Å². The lowest BCUT2D eigenvalue weighted by Crippen LogP contribution is -2.34. The van der Waals surface area contributed by atoms with Crippen LogP contribution in [0.15, 0.2) is 0 Å². The van der Waals surface area contributed by atoms with Crippen molar-refractivity contribution in [3.05, 3.63) is 0 Å². The van der Waals surface area contributed by atoms with Crippen LogP contribution in [0.1, 0.15) is 52.4 Å². The molecule has 2 aliphatic carbocycles. The second-order valence-electron chi connectivity index (χ2n) is 5.51. The average Bonchev–Trinajstić information content (AvgIpc) is 2.92. The van der Waals surface area contributed by atoms with E-state index in [4.69, 9.17) is 0 Å². The standard InChI is InChI=1S/C13H25N/c1-3-11-4-6-13(7-5-11)14-9-12-8-10(12)2/h10-14H,3-9H2,1-2H3. The molecule has 0 aromatic carbocycles. The van der Waals surface area contributed by atoms with Gasteiger partial charge >= 0.3 is 0 Å². The number of hydrogen-bond donors (Lipinski definition) is 1. The summed E-state index contributed by atoms with van der Waals surface area (Å²) in [6.45, 7) is 6.01. The van der Waals surface area contributed by atoms with Crippen LogP contribution < -0.4 is 5.32 Å². The van der Waals surface area contributed by atoms with E-state index in [1.54, 1.807) is 0 Å². The van der Waals surface area contributed by atoms with E-state index in [-0.39, 0.29) is 0 Å². The minimum Gasteiger partial charge on any atom is -0.314 e. The van der Waals surface area contributed by atoms with E-state index in [2.05, 4.69) is 19.2 Å². The highest BCUT2D eigenvalue weighted by Crippen LogP contribution is 2.37. The summed E-state index contributed by atoms with van der Waals surface area (Å²) in [5.41, 5.74) is 0. The Hall–Kier alpha value is -0.0400. The molecule has 0 aromatic heterocycles. The van der Waals surface area contributed by atoms with Crippen molar-refractivity contribution >= 4 is 0 Å². The van der Waals surface area contributed by atoms with Gasteiger partial charge in [0.2, 0.25) is 0 Å². The summed E-state index contributed by atoms with van der Waals surface area (Å²) in [5.74, 6) is 3.06. The zero-order valence-corrected chi connectivity index (χ0v) is 9.76. The molecule has 0 saturated heterocycles. The van der Waals surface area contributed by atoms with Gasteiger partial charge in [0, 0.05) is 6.04 Å². The predicted molar refractivity (Wildman–Crippen MR) is 61.3 cm³/mol. The van der Waals surface area contributed by atoms with E-state index in [1.165, 1.54) is 45.1 Å². The molecule has 82 valence electrons. The van der Waals surface area contributed by atoms with E-state index in [9.17, 15) is 0 Å². The SMILES string of the molecule is CCC1CCC(NCC2CC2C)CC1. The first kappa shape index (κ1) is 10.5. The Labute approximate surface area is 88.7 Å². The maximum absolute atomic E-state index is 3.76. The summed E-state index contributed by atoms with van der Waals surface area (Å²) >= 11 is 0. The second-order valence-corrected chi connectivity index (χ2v) is 5.51. The summed E-state index contributed by atoms with van der Waals surface area (Å²) in [6.07, 6.45) is 8.66. The molecule has 0 aliphatic heterocycles. The third-order valence-corrected chi connectivity index (χ3v) is 4.37. The smallest absolute Gasteiger partial charge is 0.00673 e. The quantitative estimate of drug-likeness (QED) is 0.726. The Kier molecular flexibility index (Phi) is 3.48. The molecule has 1 nitrogen and oxygen atoms in total. The van der Waals surface area contributed by atoms with E-state index in [1.807, 2.05) is 0 Å². The molecule has 0 heterocycles. The van der Waals surface area contributed by atoms with Crippen molar-refractivity contribution in [3.8, 4) is 0 Å². The fourth-order valence-electron chi connectivity index (χ4n) is 2.78. The van der Waals surface area contributed by atoms with E-state index < -0.39 is 0 Å². The number of rotatable bonds is 4. The van der Waals surface area contributed by atoms with Gasteiger partial charge in [-0.05, 0) is 56.4 Å². The topological polar surface area (TPSA) is 12.0 Å². The maximum Gasteiger partial charge on any atom is 0.00673 e. The first-order valence-corrected chi connectivity index (χ1v) is 6.53. The summed E-state index contributed by atoms with van der Waals surface area (Å²) in [6, 6.07) is 0.852. The van der Waals surface area contributed by atoms with E-state index in [0.717, 1.165) is 23.8 Å². The summed E-state index contributed by atoms with van der Waals surface area (Å²) < 4.78 is 0. The van der Waals surface area contributed by atoms with Gasteiger partial charge in [-0.15, -0.1) is 0 Å². The van der Waals surface area contributed by atoms with E-state index in [0.29, 0.717) is 0 Å². The fourth-order valence-corrected chi connectivity index (χ4v) is 2.78. The van der Waals surface area contributed by atoms with Crippen LogP contribution in [0.25, 0.3) is 0 Å². The van der Waals surface area contributed by atoms with Crippen LogP contribution in [-0.2, 0) is 0 Å². The molecule has 0 spiro atoms. The van der Waals surface area contributed by atoms with Gasteiger partial charge < -0.3 is 5.32 Å². The van der Waals surface area contributed by atoms with Crippen molar-refractivity contribution in [1.82, 2.24) is 5.32 Å². The first-order chi connectivity index (χ1) is 6.79. The van der Waals surface area contributed by atoms with Crippen molar-refractivity contribution in [2.24, 2.45) is 17.8 Å². The lowest BCUT2D eigenvalue weighted by Gasteiger charge is -2.28. The Morgan fingerprint density at radius 1 is 1.14 bits per heavy atom. The van der Waals surface area contributed by atoms with Gasteiger partial charge in [0.1, 0.15) is 0 Å². The molecule has 0 radical (unpaired) electrons. The van der Waals surface area contributed by atoms with Crippen LogP contribution in [0.3, 0.4) is 0 Å². The van der Waals surface area contributed by atoms with Gasteiger partial charge in [-0.25, -0.2) is 0 Å². The largest absolute Gasteiger partial charge is 0.314 e. The van der Waals surface area contributed by atoms with Crippen LogP contribution >= 0.6 is 0 Å². The van der Waals surface area contributed by atoms with Crippen molar-refractivity contribution in [2.75, 3.05) is 6.54 Å². The van der Waals surface area contributed by atoms with Crippen LogP contribution in [0.5, 0.6) is 0 Å². The molecule has 2 unspecified atom stereocenters. The molecule has 2 saturated carbocycles. The van der Waals surface area contributed by atoms with Gasteiger partial charge in [-0.1, -0.05) is 20.3 Å². The summed E-state index contributed by atoms with van der Waals surface area (Å²) in [4.78, 5) is 0. The monoisotopic (exact) mass is 195 g/mol. The minimum atomic E-state index is 0.852. The Morgan fingerprint density at radius 2 is 1.79 bits per heavy atom. The zero-order chi connectivity index (χ0) is 9.97. The van der Waals surface area contributed by atoms with Gasteiger partial charge in [0.15, 0.2) is 0 Å². The number of hydrogen-bond acceptors (Lipinski definition) is 1. The highest BCUT2D eigenvalue weighted by Gasteiger charge is 2.32. The lowest BCUT2D eigenvalue weighted by atomic mass is 9.84. The summed E-state index contributed by atoms with van der Waals surface area (Å²) in [7, 11) is 0. The third-order valence-electron chi connectivity index (χ3n) is 4.37. The molecular weight excluding hydrogens is 170 g/mol. The van der Waals surface area contributed by atoms with Crippen molar-refractivity contribution in [1.29, 1.82) is 0 Å². The van der Waals surface area contributed by atoms with Crippen molar-refractivity contribution in [3.63, 3.8) is 0 Å². The normalized spacial score (nSPS) is 42.4. The third kappa shape index (κ3) is 2.73. The maximum atomic E-state index is 3.76. The molecule has 0 bridgehead atoms. The average molecular weight is 195 g/mol. The first-order valence-electron chi connectivity index (χ1n) is 6.53. The van der Waals surface area contributed by atoms with Crippen LogP contribution in [0.2, 0.25) is 0 Å². The van der Waals surface area contributed by atoms with Crippen LogP contribution in [-0.4, -0.2) is 12.6 Å². The Morgan fingerprint density at radius 3 is 2.29 bits per heavy atom. The minimum absolute atomic E-state index is 0.852. The predicted octanol–water partition coefficient (Wildman–Crippen LogP) is 3.20. The lowest BCUT2D eigenvalue weighted by molar-refractivity contribution is 0.284. The summed E-state index contributed by atoms with van der Waals surface area (Å²) in [5, 5.41) is 3.76. The molecule has 0 aromatic rings. The highest BCUT2D eigenvalue weighted by atomic mass is 14.9. The van der Waals surface area contributed by atoms with Crippen molar-refractivity contribution < 1.29 is 0 Å². The van der Waals surface area contributed by atoms with Crippen molar-refractivity contribution in [2.45, 2.75) is 58.4 Å². The van der Waals surface area contributed by atoms with Crippen LogP contribution in [0.4, 0.5) is 0 Å². The van der Waals surface area contributed by atoms with Gasteiger partial charge in [0.05, 0.1) is 0 Å². The molecule has 2 aliphatic rings.